The van der Waals surface area contributed by atoms with Crippen LogP contribution in [0.15, 0.2) is 115 Å². The summed E-state index contributed by atoms with van der Waals surface area (Å²) in [6.45, 7) is 6.52. The van der Waals surface area contributed by atoms with Crippen molar-refractivity contribution in [3.05, 3.63) is 149 Å². The zero-order valence-electron chi connectivity index (χ0n) is 23.8. The van der Waals surface area contributed by atoms with Crippen LogP contribution in [0.1, 0.15) is 40.6 Å². The number of rotatable bonds is 3. The number of ether oxygens (including phenoxy) is 2. The van der Waals surface area contributed by atoms with Crippen molar-refractivity contribution in [2.24, 2.45) is 0 Å². The van der Waals surface area contributed by atoms with Crippen molar-refractivity contribution in [3.8, 4) is 0 Å². The maximum atomic E-state index is 7.02. The fourth-order valence-electron chi connectivity index (χ4n) is 6.69. The highest BCUT2D eigenvalue weighted by molar-refractivity contribution is 5.96. The number of para-hydroxylation sites is 2. The highest BCUT2D eigenvalue weighted by Crippen LogP contribution is 2.47. The van der Waals surface area contributed by atoms with Gasteiger partial charge in [0.2, 0.25) is 0 Å². The number of benzene rings is 4. The van der Waals surface area contributed by atoms with Crippen molar-refractivity contribution in [2.75, 3.05) is 0 Å². The summed E-state index contributed by atoms with van der Waals surface area (Å²) in [6.07, 6.45) is 6.41. The molecular weight excluding hydrogens is 516 g/mol. The Hall–Kier alpha value is -5.22. The quantitative estimate of drug-likeness (QED) is 0.221. The number of aromatic nitrogens is 2. The zero-order valence-corrected chi connectivity index (χ0v) is 23.8. The van der Waals surface area contributed by atoms with Crippen LogP contribution >= 0.6 is 0 Å². The van der Waals surface area contributed by atoms with Gasteiger partial charge in [-0.1, -0.05) is 97.1 Å². The van der Waals surface area contributed by atoms with Crippen LogP contribution in [0.5, 0.6) is 0 Å². The predicted octanol–water partition coefficient (Wildman–Crippen LogP) is 9.44. The van der Waals surface area contributed by atoms with Crippen LogP contribution in [0, 0.1) is 13.8 Å². The molecule has 0 radical (unpaired) electrons. The smallest absolute Gasteiger partial charge is 0.169 e. The second-order valence-corrected chi connectivity index (χ2v) is 11.3. The van der Waals surface area contributed by atoms with Gasteiger partial charge in [0, 0.05) is 28.0 Å². The van der Waals surface area contributed by atoms with Gasteiger partial charge in [0.1, 0.15) is 5.76 Å². The number of hydrogen-bond acceptors (Lipinski definition) is 2. The van der Waals surface area contributed by atoms with E-state index in [0.717, 1.165) is 50.8 Å². The Morgan fingerprint density at radius 1 is 0.595 bits per heavy atom. The Morgan fingerprint density at radius 3 is 1.79 bits per heavy atom. The van der Waals surface area contributed by atoms with Crippen molar-refractivity contribution in [1.29, 1.82) is 0 Å². The predicted molar refractivity (Wildman–Crippen MR) is 172 cm³/mol. The molecule has 0 saturated heterocycles. The summed E-state index contributed by atoms with van der Waals surface area (Å²) in [4.78, 5) is 0. The van der Waals surface area contributed by atoms with Crippen LogP contribution < -0.4 is 0 Å². The Kier molecular flexibility index (Phi) is 5.35. The van der Waals surface area contributed by atoms with E-state index in [2.05, 4.69) is 121 Å². The minimum absolute atomic E-state index is 0.776. The molecular formula is C38H30N2O2. The highest BCUT2D eigenvalue weighted by Gasteiger charge is 2.39. The van der Waals surface area contributed by atoms with Gasteiger partial charge in [-0.15, -0.1) is 0 Å². The van der Waals surface area contributed by atoms with E-state index < -0.39 is 5.60 Å². The van der Waals surface area contributed by atoms with E-state index in [1.54, 1.807) is 0 Å². The molecule has 2 aliphatic rings. The summed E-state index contributed by atoms with van der Waals surface area (Å²) < 4.78 is 18.4. The lowest BCUT2D eigenvalue weighted by molar-refractivity contribution is 0.0936. The molecule has 2 aromatic heterocycles. The van der Waals surface area contributed by atoms with Crippen molar-refractivity contribution < 1.29 is 9.47 Å². The van der Waals surface area contributed by atoms with E-state index in [9.17, 15) is 0 Å². The fourth-order valence-corrected chi connectivity index (χ4v) is 6.69. The van der Waals surface area contributed by atoms with Crippen LogP contribution in [0.4, 0.5) is 0 Å². The second kappa shape index (κ2) is 9.15. The molecule has 4 heterocycles. The lowest BCUT2D eigenvalue weighted by Gasteiger charge is -2.36. The van der Waals surface area contributed by atoms with E-state index in [1.807, 2.05) is 36.4 Å². The molecule has 0 amide bonds. The minimum atomic E-state index is -0.828. The van der Waals surface area contributed by atoms with E-state index in [1.165, 1.54) is 21.9 Å². The van der Waals surface area contributed by atoms with E-state index in [4.69, 9.17) is 9.47 Å². The zero-order chi connectivity index (χ0) is 28.4. The molecule has 8 rings (SSSR count). The lowest BCUT2D eigenvalue weighted by atomic mass is 9.94. The molecule has 204 valence electrons. The van der Waals surface area contributed by atoms with Crippen LogP contribution in [-0.2, 0) is 15.1 Å². The Labute approximate surface area is 245 Å². The summed E-state index contributed by atoms with van der Waals surface area (Å²) >= 11 is 0. The van der Waals surface area contributed by atoms with Gasteiger partial charge in [-0.2, -0.15) is 0 Å². The number of nitrogens with zero attached hydrogens (tertiary/aromatic N) is 2. The number of fused-ring (bicyclic) bond motifs is 6. The fraction of sp³-hybridized carbons (Fsp3) is 0.105. The minimum Gasteiger partial charge on any atom is -0.475 e. The topological polar surface area (TPSA) is 28.3 Å². The monoisotopic (exact) mass is 546 g/mol. The molecule has 0 spiro atoms. The number of hydrogen-bond donors (Lipinski definition) is 0. The van der Waals surface area contributed by atoms with Crippen LogP contribution in [-0.4, -0.2) is 9.13 Å². The molecule has 0 saturated carbocycles. The average Bonchev–Trinajstić information content (AvgIpc) is 3.49. The maximum Gasteiger partial charge on any atom is 0.169 e. The van der Waals surface area contributed by atoms with Crippen molar-refractivity contribution in [1.82, 2.24) is 9.13 Å². The standard InChI is InChI=1S/C38H30N2O2/c1-25-29-18-10-12-20-31(29)39-23-34(27-14-6-4-7-15-27)41-33(36(25)39)22-38(3)37-26(2)30-19-11-13-21-32(30)40(37)24-35(42-38)28-16-8-5-9-17-28/h4-24H,1-3H3/b33-22-/t38-/m0/s1. The molecule has 0 N–H and O–H groups in total. The van der Waals surface area contributed by atoms with Crippen LogP contribution in [0.2, 0.25) is 0 Å². The van der Waals surface area contributed by atoms with Crippen molar-refractivity contribution in [2.45, 2.75) is 26.4 Å². The first kappa shape index (κ1) is 24.6. The van der Waals surface area contributed by atoms with E-state index in [-0.39, 0.29) is 0 Å². The molecule has 4 heteroatoms. The molecule has 0 aliphatic carbocycles. The van der Waals surface area contributed by atoms with Gasteiger partial charge < -0.3 is 18.6 Å². The van der Waals surface area contributed by atoms with Gasteiger partial charge in [-0.25, -0.2) is 0 Å². The van der Waals surface area contributed by atoms with Gasteiger partial charge in [-0.3, -0.25) is 0 Å². The van der Waals surface area contributed by atoms with Crippen LogP contribution in [0.25, 0.3) is 51.5 Å². The molecule has 4 nitrogen and oxygen atoms in total. The summed E-state index contributed by atoms with van der Waals surface area (Å²) in [5.74, 6) is 2.39. The van der Waals surface area contributed by atoms with Gasteiger partial charge in [-0.05, 0) is 44.0 Å². The maximum absolute atomic E-state index is 7.02. The third-order valence-corrected chi connectivity index (χ3v) is 8.59. The first-order valence-corrected chi connectivity index (χ1v) is 14.4. The third kappa shape index (κ3) is 3.61. The Bertz CT molecular complexity index is 2110. The van der Waals surface area contributed by atoms with Gasteiger partial charge in [0.05, 0.1) is 34.8 Å². The molecule has 6 aromatic rings. The molecule has 2 aliphatic heterocycles. The summed E-state index contributed by atoms with van der Waals surface area (Å²) in [6, 6.07) is 37.7. The molecule has 1 atom stereocenters. The second-order valence-electron chi connectivity index (χ2n) is 11.3. The van der Waals surface area contributed by atoms with Crippen molar-refractivity contribution >= 4 is 51.5 Å². The SMILES string of the molecule is Cc1c2n(c3ccccc13)C=C(c1ccccc1)O/C2=C\[C@]1(C)OC(c2ccccc2)=Cn2c1c(C)c1ccccc12. The lowest BCUT2D eigenvalue weighted by Crippen LogP contribution is -2.30. The Balaban J connectivity index is 1.40. The van der Waals surface area contributed by atoms with Gasteiger partial charge >= 0.3 is 0 Å². The van der Waals surface area contributed by atoms with Gasteiger partial charge in [0.25, 0.3) is 0 Å². The molecule has 42 heavy (non-hydrogen) atoms. The van der Waals surface area contributed by atoms with Gasteiger partial charge in [0.15, 0.2) is 17.1 Å². The first-order valence-electron chi connectivity index (χ1n) is 14.4. The summed E-state index contributed by atoms with van der Waals surface area (Å²) in [5.41, 5.74) is 8.04. The highest BCUT2D eigenvalue weighted by atomic mass is 16.5. The molecule has 0 fully saturated rings. The number of aryl methyl sites for hydroxylation is 2. The molecule has 0 bridgehead atoms. The van der Waals surface area contributed by atoms with E-state index in [0.29, 0.717) is 0 Å². The normalized spacial score (nSPS) is 18.7. The molecule has 0 unspecified atom stereocenters. The summed E-state index contributed by atoms with van der Waals surface area (Å²) in [5, 5.41) is 2.42. The average molecular weight is 547 g/mol. The van der Waals surface area contributed by atoms with Crippen LogP contribution in [0.3, 0.4) is 0 Å². The third-order valence-electron chi connectivity index (χ3n) is 8.59. The van der Waals surface area contributed by atoms with Crippen molar-refractivity contribution in [3.63, 3.8) is 0 Å². The molecule has 4 aromatic carbocycles. The first-order chi connectivity index (χ1) is 20.5. The Morgan fingerprint density at radius 2 is 1.12 bits per heavy atom. The summed E-state index contributed by atoms with van der Waals surface area (Å²) in [7, 11) is 0. The van der Waals surface area contributed by atoms with E-state index >= 15 is 0 Å². The largest absolute Gasteiger partial charge is 0.475 e.